The molecule has 1 rings (SSSR count). The van der Waals surface area contributed by atoms with Crippen molar-refractivity contribution in [2.45, 2.75) is 25.9 Å². The van der Waals surface area contributed by atoms with Gasteiger partial charge in [0.2, 0.25) is 5.91 Å². The summed E-state index contributed by atoms with van der Waals surface area (Å²) >= 11 is 0. The van der Waals surface area contributed by atoms with Crippen molar-refractivity contribution < 1.29 is 17.4 Å². The summed E-state index contributed by atoms with van der Waals surface area (Å²) < 4.78 is 27.0. The van der Waals surface area contributed by atoms with Crippen LogP contribution in [0.3, 0.4) is 0 Å². The third-order valence-corrected chi connectivity index (χ3v) is 2.95. The Bertz CT molecular complexity index is 507. The van der Waals surface area contributed by atoms with E-state index in [4.69, 9.17) is 9.92 Å². The van der Waals surface area contributed by atoms with Crippen molar-refractivity contribution in [3.8, 4) is 0 Å². The fraction of sp³-hybridized carbons (Fsp3) is 0.417. The van der Waals surface area contributed by atoms with E-state index in [0.29, 0.717) is 6.42 Å². The molecule has 1 aromatic rings. The first kappa shape index (κ1) is 14.7. The molecule has 0 aliphatic heterocycles. The maximum atomic E-state index is 11.1. The van der Waals surface area contributed by atoms with Crippen molar-refractivity contribution in [2.24, 2.45) is 5.73 Å². The zero-order valence-electron chi connectivity index (χ0n) is 10.4. The van der Waals surface area contributed by atoms with Crippen molar-refractivity contribution in [3.63, 3.8) is 0 Å². The summed E-state index contributed by atoms with van der Waals surface area (Å²) in [4.78, 5) is 10.9. The monoisotopic (exact) mass is 271 g/mol. The molecule has 0 aromatic heterocycles. The van der Waals surface area contributed by atoms with Gasteiger partial charge in [0.1, 0.15) is 0 Å². The summed E-state index contributed by atoms with van der Waals surface area (Å²) in [6, 6.07) is 7.57. The van der Waals surface area contributed by atoms with Crippen LogP contribution in [0.4, 0.5) is 0 Å². The number of hydrogen-bond acceptors (Lipinski definition) is 4. The van der Waals surface area contributed by atoms with Crippen molar-refractivity contribution in [2.75, 3.05) is 6.26 Å². The Morgan fingerprint density at radius 2 is 1.89 bits per heavy atom. The predicted octanol–water partition coefficient (Wildman–Crippen LogP) is 0.758. The minimum absolute atomic E-state index is 0.124. The number of carbonyl (C=O) groups excluding carboxylic acids is 1. The topological polar surface area (TPSA) is 86.5 Å². The van der Waals surface area contributed by atoms with Crippen LogP contribution in [0.15, 0.2) is 24.3 Å². The number of amides is 1. The van der Waals surface area contributed by atoms with Crippen LogP contribution in [0.25, 0.3) is 0 Å². The Morgan fingerprint density at radius 1 is 1.33 bits per heavy atom. The smallest absolute Gasteiger partial charge is 0.264 e. The van der Waals surface area contributed by atoms with Gasteiger partial charge in [-0.2, -0.15) is 8.42 Å². The lowest BCUT2D eigenvalue weighted by Gasteiger charge is -2.14. The van der Waals surface area contributed by atoms with Crippen molar-refractivity contribution in [3.05, 3.63) is 35.4 Å². The fourth-order valence-electron chi connectivity index (χ4n) is 1.60. The molecule has 0 fully saturated rings. The second-order valence-corrected chi connectivity index (χ2v) is 5.88. The molecule has 1 aromatic carbocycles. The van der Waals surface area contributed by atoms with E-state index in [2.05, 4.69) is 0 Å². The molecule has 0 heterocycles. The lowest BCUT2D eigenvalue weighted by atomic mass is 10.0. The summed E-state index contributed by atoms with van der Waals surface area (Å²) in [5.74, 6) is -0.587. The van der Waals surface area contributed by atoms with Crippen LogP contribution in [0.5, 0.6) is 0 Å². The first-order valence-corrected chi connectivity index (χ1v) is 7.30. The molecule has 6 heteroatoms. The number of carbonyl (C=O) groups is 1. The summed E-state index contributed by atoms with van der Waals surface area (Å²) in [6.07, 6.45) is 0.410. The summed E-state index contributed by atoms with van der Waals surface area (Å²) in [6.45, 7) is 1.96. The number of primary amides is 1. The third-order valence-electron chi connectivity index (χ3n) is 2.32. The summed E-state index contributed by atoms with van der Waals surface area (Å²) in [5, 5.41) is 0. The number of aryl methyl sites for hydroxylation is 1. The Morgan fingerprint density at radius 3 is 2.33 bits per heavy atom. The van der Waals surface area contributed by atoms with Gasteiger partial charge >= 0.3 is 0 Å². The van der Waals surface area contributed by atoms with E-state index in [1.165, 1.54) is 0 Å². The lowest BCUT2D eigenvalue weighted by Crippen LogP contribution is -2.26. The van der Waals surface area contributed by atoms with Crippen LogP contribution in [-0.4, -0.2) is 26.7 Å². The molecule has 0 spiro atoms. The van der Waals surface area contributed by atoms with Crippen LogP contribution in [0.1, 0.15) is 17.5 Å². The largest absolute Gasteiger partial charge is 0.370 e. The summed E-state index contributed by atoms with van der Waals surface area (Å²) in [5.41, 5.74) is 7.08. The minimum atomic E-state index is -3.61. The average Bonchev–Trinajstić information content (AvgIpc) is 2.18. The first-order valence-electron chi connectivity index (χ1n) is 5.48. The van der Waals surface area contributed by atoms with E-state index in [1.54, 1.807) is 0 Å². The standard InChI is InChI=1S/C12H17NO4S/c1-9-3-5-10(6-4-9)7-11(8-12(13)14)17-18(2,15)16/h3-6,11H,7-8H2,1-2H3,(H2,13,14)/t11-/m1/s1. The predicted molar refractivity (Wildman–Crippen MR) is 68.4 cm³/mol. The molecule has 0 saturated carbocycles. The van der Waals surface area contributed by atoms with Gasteiger partial charge in [0, 0.05) is 6.42 Å². The van der Waals surface area contributed by atoms with Gasteiger partial charge in [-0.3, -0.25) is 8.98 Å². The number of hydrogen-bond donors (Lipinski definition) is 1. The molecule has 0 aliphatic carbocycles. The first-order chi connectivity index (χ1) is 8.26. The number of benzene rings is 1. The van der Waals surface area contributed by atoms with Gasteiger partial charge in [-0.25, -0.2) is 0 Å². The number of rotatable bonds is 6. The van der Waals surface area contributed by atoms with Gasteiger partial charge < -0.3 is 5.73 Å². The molecule has 5 nitrogen and oxygen atoms in total. The number of nitrogens with two attached hydrogens (primary N) is 1. The fourth-order valence-corrected chi connectivity index (χ4v) is 2.23. The van der Waals surface area contributed by atoms with Crippen molar-refractivity contribution >= 4 is 16.0 Å². The van der Waals surface area contributed by atoms with Crippen LogP contribution in [0.2, 0.25) is 0 Å². The molecule has 2 N–H and O–H groups in total. The highest BCUT2D eigenvalue weighted by Crippen LogP contribution is 2.12. The van der Waals surface area contributed by atoms with Gasteiger partial charge in [0.15, 0.2) is 0 Å². The molecule has 0 bridgehead atoms. The molecule has 0 unspecified atom stereocenters. The molecular weight excluding hydrogens is 254 g/mol. The van der Waals surface area contributed by atoms with Gasteiger partial charge in [0.25, 0.3) is 10.1 Å². The van der Waals surface area contributed by atoms with E-state index < -0.39 is 22.1 Å². The Balaban J connectivity index is 2.77. The highest BCUT2D eigenvalue weighted by atomic mass is 32.2. The Hall–Kier alpha value is -1.40. The minimum Gasteiger partial charge on any atom is -0.370 e. The lowest BCUT2D eigenvalue weighted by molar-refractivity contribution is -0.119. The SMILES string of the molecule is Cc1ccc(C[C@H](CC(N)=O)OS(C)(=O)=O)cc1. The second kappa shape index (κ2) is 5.97. The molecule has 1 atom stereocenters. The van der Waals surface area contributed by atoms with E-state index in [1.807, 2.05) is 31.2 Å². The van der Waals surface area contributed by atoms with Gasteiger partial charge in [-0.15, -0.1) is 0 Å². The molecule has 0 aliphatic rings. The normalized spacial score (nSPS) is 13.2. The van der Waals surface area contributed by atoms with Gasteiger partial charge in [-0.05, 0) is 12.5 Å². The van der Waals surface area contributed by atoms with Crippen LogP contribution in [0, 0.1) is 6.92 Å². The maximum absolute atomic E-state index is 11.1. The van der Waals surface area contributed by atoms with Crippen LogP contribution in [-0.2, 0) is 25.5 Å². The van der Waals surface area contributed by atoms with E-state index in [9.17, 15) is 13.2 Å². The van der Waals surface area contributed by atoms with E-state index in [-0.39, 0.29) is 6.42 Å². The molecule has 0 saturated heterocycles. The molecule has 100 valence electrons. The van der Waals surface area contributed by atoms with E-state index in [0.717, 1.165) is 17.4 Å². The highest BCUT2D eigenvalue weighted by Gasteiger charge is 2.18. The molecular formula is C12H17NO4S. The zero-order valence-corrected chi connectivity index (χ0v) is 11.2. The summed E-state index contributed by atoms with van der Waals surface area (Å²) in [7, 11) is -3.61. The molecule has 1 amide bonds. The second-order valence-electron chi connectivity index (χ2n) is 4.28. The van der Waals surface area contributed by atoms with Crippen LogP contribution >= 0.6 is 0 Å². The van der Waals surface area contributed by atoms with E-state index >= 15 is 0 Å². The third kappa shape index (κ3) is 5.79. The van der Waals surface area contributed by atoms with Crippen molar-refractivity contribution in [1.29, 1.82) is 0 Å². The molecule has 0 radical (unpaired) electrons. The average molecular weight is 271 g/mol. The highest BCUT2D eigenvalue weighted by molar-refractivity contribution is 7.86. The Kier molecular flexibility index (Phi) is 4.86. The van der Waals surface area contributed by atoms with Crippen molar-refractivity contribution in [1.82, 2.24) is 0 Å². The maximum Gasteiger partial charge on any atom is 0.264 e. The Labute approximate surface area is 107 Å². The quantitative estimate of drug-likeness (QED) is 0.774. The van der Waals surface area contributed by atoms with Crippen LogP contribution < -0.4 is 5.73 Å². The zero-order chi connectivity index (χ0) is 13.8. The van der Waals surface area contributed by atoms with Gasteiger partial charge in [-0.1, -0.05) is 29.8 Å². The van der Waals surface area contributed by atoms with Gasteiger partial charge in [0.05, 0.1) is 18.8 Å². The molecule has 18 heavy (non-hydrogen) atoms.